The second kappa shape index (κ2) is 8.40. The standard InChI is InChI=1S/C21H22N2O4/c1-14(15-5-6-17-13-18(26-2)8-7-16(17)12-15)20(24)22-9-10-23-21(25)19-4-3-11-27-19/h3-8,11-14H,9-10H2,1-2H3,(H,22,24)(H,23,25)/t14-/m0/s1. The molecule has 0 unspecified atom stereocenters. The van der Waals surface area contributed by atoms with Crippen LogP contribution in [0.1, 0.15) is 29.0 Å². The Labute approximate surface area is 157 Å². The Morgan fingerprint density at radius 1 is 1.04 bits per heavy atom. The second-order valence-electron chi connectivity index (χ2n) is 6.22. The van der Waals surface area contributed by atoms with Gasteiger partial charge in [-0.1, -0.05) is 24.3 Å². The van der Waals surface area contributed by atoms with Crippen molar-refractivity contribution in [2.45, 2.75) is 12.8 Å². The van der Waals surface area contributed by atoms with Gasteiger partial charge in [-0.25, -0.2) is 0 Å². The minimum absolute atomic E-state index is 0.0879. The molecule has 6 nitrogen and oxygen atoms in total. The predicted molar refractivity (Wildman–Crippen MR) is 103 cm³/mol. The first-order valence-electron chi connectivity index (χ1n) is 8.75. The molecular formula is C21H22N2O4. The zero-order valence-corrected chi connectivity index (χ0v) is 15.3. The fourth-order valence-electron chi connectivity index (χ4n) is 2.80. The lowest BCUT2D eigenvalue weighted by Crippen LogP contribution is -2.36. The van der Waals surface area contributed by atoms with Gasteiger partial charge < -0.3 is 19.8 Å². The number of hydrogen-bond acceptors (Lipinski definition) is 4. The lowest BCUT2D eigenvalue weighted by molar-refractivity contribution is -0.122. The minimum atomic E-state index is -0.299. The molecule has 2 aromatic carbocycles. The molecule has 0 spiro atoms. The zero-order chi connectivity index (χ0) is 19.2. The van der Waals surface area contributed by atoms with Gasteiger partial charge in [-0.05, 0) is 47.5 Å². The highest BCUT2D eigenvalue weighted by atomic mass is 16.5. The first kappa shape index (κ1) is 18.5. The monoisotopic (exact) mass is 366 g/mol. The summed E-state index contributed by atoms with van der Waals surface area (Å²) in [5.41, 5.74) is 0.935. The molecule has 140 valence electrons. The molecule has 0 aliphatic carbocycles. The first-order chi connectivity index (χ1) is 13.1. The van der Waals surface area contributed by atoms with Crippen molar-refractivity contribution in [2.24, 2.45) is 0 Å². The molecule has 0 fully saturated rings. The van der Waals surface area contributed by atoms with E-state index >= 15 is 0 Å². The normalized spacial score (nSPS) is 11.8. The lowest BCUT2D eigenvalue weighted by atomic mass is 9.97. The number of carbonyl (C=O) groups excluding carboxylic acids is 2. The molecule has 0 bridgehead atoms. The molecule has 3 rings (SSSR count). The fraction of sp³-hybridized carbons (Fsp3) is 0.238. The largest absolute Gasteiger partial charge is 0.497 e. The average Bonchev–Trinajstić information content (AvgIpc) is 3.24. The Hall–Kier alpha value is -3.28. The van der Waals surface area contributed by atoms with Crippen LogP contribution in [0.2, 0.25) is 0 Å². The lowest BCUT2D eigenvalue weighted by Gasteiger charge is -2.14. The Balaban J connectivity index is 1.53. The van der Waals surface area contributed by atoms with Crippen LogP contribution in [0.4, 0.5) is 0 Å². The van der Waals surface area contributed by atoms with Gasteiger partial charge in [0, 0.05) is 13.1 Å². The number of furan rings is 1. The van der Waals surface area contributed by atoms with Gasteiger partial charge in [0.15, 0.2) is 5.76 Å². The number of amides is 2. The van der Waals surface area contributed by atoms with Crippen molar-refractivity contribution in [1.82, 2.24) is 10.6 Å². The van der Waals surface area contributed by atoms with Gasteiger partial charge >= 0.3 is 0 Å². The molecule has 27 heavy (non-hydrogen) atoms. The SMILES string of the molecule is COc1ccc2cc([C@H](C)C(=O)NCCNC(=O)c3ccco3)ccc2c1. The molecule has 1 aromatic heterocycles. The van der Waals surface area contributed by atoms with Crippen LogP contribution in [-0.2, 0) is 4.79 Å². The molecule has 1 heterocycles. The van der Waals surface area contributed by atoms with Crippen LogP contribution >= 0.6 is 0 Å². The molecule has 0 aliphatic rings. The summed E-state index contributed by atoms with van der Waals surface area (Å²) < 4.78 is 10.2. The van der Waals surface area contributed by atoms with Crippen molar-refractivity contribution < 1.29 is 18.7 Å². The van der Waals surface area contributed by atoms with Crippen LogP contribution in [0.25, 0.3) is 10.8 Å². The third kappa shape index (κ3) is 4.47. The number of benzene rings is 2. The summed E-state index contributed by atoms with van der Waals surface area (Å²) in [7, 11) is 1.64. The van der Waals surface area contributed by atoms with E-state index in [4.69, 9.17) is 9.15 Å². The Morgan fingerprint density at radius 2 is 1.78 bits per heavy atom. The van der Waals surface area contributed by atoms with Crippen molar-refractivity contribution in [3.63, 3.8) is 0 Å². The molecule has 0 radical (unpaired) electrons. The first-order valence-corrected chi connectivity index (χ1v) is 8.75. The summed E-state index contributed by atoms with van der Waals surface area (Å²) in [4.78, 5) is 24.1. The van der Waals surface area contributed by atoms with E-state index in [1.165, 1.54) is 6.26 Å². The third-order valence-electron chi connectivity index (χ3n) is 4.42. The Morgan fingerprint density at radius 3 is 2.52 bits per heavy atom. The van der Waals surface area contributed by atoms with Crippen LogP contribution in [-0.4, -0.2) is 32.0 Å². The number of ether oxygens (including phenoxy) is 1. The predicted octanol–water partition coefficient (Wildman–Crippen LogP) is 3.09. The molecule has 0 aliphatic heterocycles. The van der Waals surface area contributed by atoms with E-state index in [1.807, 2.05) is 43.3 Å². The van der Waals surface area contributed by atoms with E-state index in [1.54, 1.807) is 19.2 Å². The number of carbonyl (C=O) groups is 2. The molecule has 2 N–H and O–H groups in total. The molecule has 2 amide bonds. The van der Waals surface area contributed by atoms with Crippen molar-refractivity contribution in [3.05, 3.63) is 66.1 Å². The van der Waals surface area contributed by atoms with Gasteiger partial charge in [0.1, 0.15) is 5.75 Å². The molecule has 0 saturated heterocycles. The Bertz CT molecular complexity index is 935. The average molecular weight is 366 g/mol. The summed E-state index contributed by atoms with van der Waals surface area (Å²) in [5.74, 6) is 0.375. The van der Waals surface area contributed by atoms with Crippen LogP contribution in [0, 0.1) is 0 Å². The van der Waals surface area contributed by atoms with Crippen molar-refractivity contribution >= 4 is 22.6 Å². The molecule has 3 aromatic rings. The van der Waals surface area contributed by atoms with Gasteiger partial charge in [0.25, 0.3) is 5.91 Å². The zero-order valence-electron chi connectivity index (χ0n) is 15.3. The second-order valence-corrected chi connectivity index (χ2v) is 6.22. The van der Waals surface area contributed by atoms with Crippen LogP contribution in [0.5, 0.6) is 5.75 Å². The maximum atomic E-state index is 12.4. The minimum Gasteiger partial charge on any atom is -0.497 e. The highest BCUT2D eigenvalue weighted by Crippen LogP contribution is 2.25. The van der Waals surface area contributed by atoms with Crippen LogP contribution < -0.4 is 15.4 Å². The van der Waals surface area contributed by atoms with Crippen LogP contribution in [0.15, 0.2) is 59.2 Å². The topological polar surface area (TPSA) is 80.6 Å². The summed E-state index contributed by atoms with van der Waals surface area (Å²) in [6, 6.07) is 15.0. The number of methoxy groups -OCH3 is 1. The van der Waals surface area contributed by atoms with E-state index in [2.05, 4.69) is 10.6 Å². The van der Waals surface area contributed by atoms with Crippen molar-refractivity contribution in [1.29, 1.82) is 0 Å². The van der Waals surface area contributed by atoms with Crippen molar-refractivity contribution in [2.75, 3.05) is 20.2 Å². The third-order valence-corrected chi connectivity index (χ3v) is 4.42. The van der Waals surface area contributed by atoms with E-state index in [0.29, 0.717) is 13.1 Å². The number of fused-ring (bicyclic) bond motifs is 1. The highest BCUT2D eigenvalue weighted by molar-refractivity contribution is 5.91. The molecule has 1 atom stereocenters. The van der Waals surface area contributed by atoms with Gasteiger partial charge in [-0.3, -0.25) is 9.59 Å². The maximum Gasteiger partial charge on any atom is 0.287 e. The van der Waals surface area contributed by atoms with Crippen molar-refractivity contribution in [3.8, 4) is 5.75 Å². The van der Waals surface area contributed by atoms with Crippen LogP contribution in [0.3, 0.4) is 0 Å². The van der Waals surface area contributed by atoms with E-state index < -0.39 is 0 Å². The molecular weight excluding hydrogens is 344 g/mol. The van der Waals surface area contributed by atoms with Gasteiger partial charge in [-0.15, -0.1) is 0 Å². The summed E-state index contributed by atoms with van der Waals surface area (Å²) in [6.07, 6.45) is 1.44. The smallest absolute Gasteiger partial charge is 0.287 e. The molecule has 6 heteroatoms. The number of rotatable bonds is 7. The highest BCUT2D eigenvalue weighted by Gasteiger charge is 2.15. The van der Waals surface area contributed by atoms with E-state index in [9.17, 15) is 9.59 Å². The van der Waals surface area contributed by atoms with E-state index in [0.717, 1.165) is 22.1 Å². The molecule has 0 saturated carbocycles. The van der Waals surface area contributed by atoms with Gasteiger partial charge in [0.2, 0.25) is 5.91 Å². The van der Waals surface area contributed by atoms with E-state index in [-0.39, 0.29) is 23.5 Å². The van der Waals surface area contributed by atoms with Gasteiger partial charge in [-0.2, -0.15) is 0 Å². The summed E-state index contributed by atoms with van der Waals surface area (Å²) >= 11 is 0. The quantitative estimate of drug-likeness (QED) is 0.630. The number of hydrogen-bond donors (Lipinski definition) is 2. The Kier molecular flexibility index (Phi) is 5.76. The maximum absolute atomic E-state index is 12.4. The van der Waals surface area contributed by atoms with Gasteiger partial charge in [0.05, 0.1) is 19.3 Å². The fourth-order valence-corrected chi connectivity index (χ4v) is 2.80. The number of nitrogens with one attached hydrogen (secondary N) is 2. The summed E-state index contributed by atoms with van der Waals surface area (Å²) in [6.45, 7) is 2.54. The summed E-state index contributed by atoms with van der Waals surface area (Å²) in [5, 5.41) is 7.65.